The highest BCUT2D eigenvalue weighted by molar-refractivity contribution is 6.30. The van der Waals surface area contributed by atoms with Crippen molar-refractivity contribution in [1.29, 1.82) is 0 Å². The van der Waals surface area contributed by atoms with Crippen molar-refractivity contribution >= 4 is 29.1 Å². The molecule has 0 saturated carbocycles. The Balaban J connectivity index is 1.41. The van der Waals surface area contributed by atoms with Gasteiger partial charge >= 0.3 is 6.03 Å². The van der Waals surface area contributed by atoms with Gasteiger partial charge in [-0.05, 0) is 37.3 Å². The molecule has 2 aromatic heterocycles. The predicted molar refractivity (Wildman–Crippen MR) is 110 cm³/mol. The summed E-state index contributed by atoms with van der Waals surface area (Å²) in [6.45, 7) is 4.56. The second-order valence-corrected chi connectivity index (χ2v) is 7.07. The Bertz CT molecular complexity index is 967. The van der Waals surface area contributed by atoms with Crippen molar-refractivity contribution in [3.8, 4) is 5.82 Å². The van der Waals surface area contributed by atoms with Gasteiger partial charge in [-0.3, -0.25) is 0 Å². The molecule has 1 aliphatic rings. The summed E-state index contributed by atoms with van der Waals surface area (Å²) in [4.78, 5) is 25.6. The van der Waals surface area contributed by atoms with Crippen LogP contribution < -0.4 is 10.2 Å². The smallest absolute Gasteiger partial charge is 0.321 e. The number of rotatable bonds is 3. The van der Waals surface area contributed by atoms with E-state index < -0.39 is 0 Å². The number of amides is 2. The summed E-state index contributed by atoms with van der Waals surface area (Å²) in [5, 5.41) is 3.50. The molecule has 4 rings (SSSR count). The van der Waals surface area contributed by atoms with Gasteiger partial charge in [0.15, 0.2) is 0 Å². The highest BCUT2D eigenvalue weighted by Crippen LogP contribution is 2.19. The third kappa shape index (κ3) is 4.09. The van der Waals surface area contributed by atoms with Gasteiger partial charge in [-0.15, -0.1) is 0 Å². The average Bonchev–Trinajstić information content (AvgIpc) is 3.22. The van der Waals surface area contributed by atoms with Gasteiger partial charge in [-0.1, -0.05) is 17.7 Å². The second-order valence-electron chi connectivity index (χ2n) is 6.64. The van der Waals surface area contributed by atoms with E-state index in [2.05, 4.69) is 20.2 Å². The maximum atomic E-state index is 12.5. The molecule has 1 N–H and O–H groups in total. The van der Waals surface area contributed by atoms with Crippen LogP contribution in [0, 0.1) is 6.92 Å². The van der Waals surface area contributed by atoms with E-state index in [4.69, 9.17) is 11.6 Å². The number of piperazine rings is 1. The van der Waals surface area contributed by atoms with E-state index >= 15 is 0 Å². The summed E-state index contributed by atoms with van der Waals surface area (Å²) >= 11 is 5.98. The van der Waals surface area contributed by atoms with Gasteiger partial charge in [0.2, 0.25) is 0 Å². The Labute approximate surface area is 168 Å². The molecule has 3 heterocycles. The summed E-state index contributed by atoms with van der Waals surface area (Å²) in [6, 6.07) is 13.0. The summed E-state index contributed by atoms with van der Waals surface area (Å²) in [5.74, 6) is 2.45. The molecule has 0 atom stereocenters. The Morgan fingerprint density at radius 3 is 2.43 bits per heavy atom. The van der Waals surface area contributed by atoms with Crippen molar-refractivity contribution in [2.75, 3.05) is 36.4 Å². The molecule has 3 aromatic rings. The molecule has 7 nitrogen and oxygen atoms in total. The first-order valence-electron chi connectivity index (χ1n) is 9.14. The number of carbonyl (C=O) groups is 1. The van der Waals surface area contributed by atoms with E-state index in [1.165, 1.54) is 0 Å². The first kappa shape index (κ1) is 18.3. The van der Waals surface area contributed by atoms with Crippen LogP contribution in [0.2, 0.25) is 5.02 Å². The summed E-state index contributed by atoms with van der Waals surface area (Å²) in [6.07, 6.45) is 3.92. The van der Waals surface area contributed by atoms with Crippen LogP contribution in [-0.2, 0) is 0 Å². The minimum absolute atomic E-state index is 0.117. The molecule has 1 aromatic carbocycles. The number of aromatic nitrogens is 3. The van der Waals surface area contributed by atoms with Crippen LogP contribution in [0.15, 0.2) is 54.9 Å². The zero-order valence-electron chi connectivity index (χ0n) is 15.5. The van der Waals surface area contributed by atoms with Gasteiger partial charge in [0.1, 0.15) is 17.5 Å². The van der Waals surface area contributed by atoms with Gasteiger partial charge in [0.25, 0.3) is 0 Å². The Kier molecular flexibility index (Phi) is 5.16. The lowest BCUT2D eigenvalue weighted by molar-refractivity contribution is 0.208. The Hall–Kier alpha value is -3.06. The zero-order valence-corrected chi connectivity index (χ0v) is 16.3. The average molecular weight is 397 g/mol. The van der Waals surface area contributed by atoms with Crippen molar-refractivity contribution in [2.24, 2.45) is 0 Å². The number of benzene rings is 1. The number of hydrogen-bond acceptors (Lipinski definition) is 4. The molecule has 8 heteroatoms. The van der Waals surface area contributed by atoms with Crippen molar-refractivity contribution in [3.05, 3.63) is 65.7 Å². The predicted octanol–water partition coefficient (Wildman–Crippen LogP) is 3.58. The highest BCUT2D eigenvalue weighted by atomic mass is 35.5. The fraction of sp³-hybridized carbons (Fsp3) is 0.250. The lowest BCUT2D eigenvalue weighted by Crippen LogP contribution is -2.50. The number of nitrogens with one attached hydrogen (secondary N) is 1. The van der Waals surface area contributed by atoms with E-state index in [0.29, 0.717) is 36.9 Å². The Morgan fingerprint density at radius 1 is 1.00 bits per heavy atom. The standard InChI is InChI=1S/C20H21ClN6O/c1-15-22-18(25-7-2-3-8-25)14-19(23-15)26-9-11-27(12-10-26)20(28)24-17-6-4-5-16(21)13-17/h2-8,13-14H,9-12H2,1H3,(H,24,28). The largest absolute Gasteiger partial charge is 0.353 e. The lowest BCUT2D eigenvalue weighted by atomic mass is 10.3. The van der Waals surface area contributed by atoms with Gasteiger partial charge in [-0.25, -0.2) is 14.8 Å². The van der Waals surface area contributed by atoms with Gasteiger partial charge < -0.3 is 19.7 Å². The first-order chi connectivity index (χ1) is 13.6. The molecule has 144 valence electrons. The van der Waals surface area contributed by atoms with Crippen LogP contribution in [0.4, 0.5) is 16.3 Å². The Morgan fingerprint density at radius 2 is 1.71 bits per heavy atom. The maximum absolute atomic E-state index is 12.5. The van der Waals surface area contributed by atoms with Crippen LogP contribution >= 0.6 is 11.6 Å². The lowest BCUT2D eigenvalue weighted by Gasteiger charge is -2.35. The molecule has 0 unspecified atom stereocenters. The molecular weight excluding hydrogens is 376 g/mol. The van der Waals surface area contributed by atoms with Crippen molar-refractivity contribution in [3.63, 3.8) is 0 Å². The third-order valence-corrected chi connectivity index (χ3v) is 4.88. The van der Waals surface area contributed by atoms with Crippen LogP contribution in [-0.4, -0.2) is 51.6 Å². The van der Waals surface area contributed by atoms with Crippen molar-refractivity contribution in [2.45, 2.75) is 6.92 Å². The van der Waals surface area contributed by atoms with E-state index in [0.717, 1.165) is 17.5 Å². The SMILES string of the molecule is Cc1nc(N2CCN(C(=O)Nc3cccc(Cl)c3)CC2)cc(-n2cccc2)n1. The monoisotopic (exact) mass is 396 g/mol. The van der Waals surface area contributed by atoms with Gasteiger partial charge in [0, 0.05) is 55.3 Å². The van der Waals surface area contributed by atoms with Crippen LogP contribution in [0.3, 0.4) is 0 Å². The van der Waals surface area contributed by atoms with E-state index in [1.807, 2.05) is 54.2 Å². The number of halogens is 1. The number of aryl methyl sites for hydroxylation is 1. The minimum Gasteiger partial charge on any atom is -0.353 e. The molecule has 28 heavy (non-hydrogen) atoms. The maximum Gasteiger partial charge on any atom is 0.321 e. The summed E-state index contributed by atoms with van der Waals surface area (Å²) < 4.78 is 1.97. The molecule has 1 saturated heterocycles. The molecule has 0 spiro atoms. The van der Waals surface area contributed by atoms with Crippen LogP contribution in [0.5, 0.6) is 0 Å². The number of hydrogen-bond donors (Lipinski definition) is 1. The molecule has 2 amide bonds. The van der Waals surface area contributed by atoms with Crippen molar-refractivity contribution in [1.82, 2.24) is 19.4 Å². The van der Waals surface area contributed by atoms with Gasteiger partial charge in [-0.2, -0.15) is 0 Å². The third-order valence-electron chi connectivity index (χ3n) is 4.65. The number of nitrogens with zero attached hydrogens (tertiary/aromatic N) is 5. The molecule has 0 radical (unpaired) electrons. The summed E-state index contributed by atoms with van der Waals surface area (Å²) in [7, 11) is 0. The number of urea groups is 1. The van der Waals surface area contributed by atoms with E-state index in [9.17, 15) is 4.79 Å². The topological polar surface area (TPSA) is 66.3 Å². The molecule has 1 fully saturated rings. The normalized spacial score (nSPS) is 14.2. The first-order valence-corrected chi connectivity index (χ1v) is 9.52. The fourth-order valence-electron chi connectivity index (χ4n) is 3.23. The minimum atomic E-state index is -0.117. The molecule has 0 aliphatic carbocycles. The van der Waals surface area contributed by atoms with E-state index in [1.54, 1.807) is 17.0 Å². The van der Waals surface area contributed by atoms with Crippen LogP contribution in [0.1, 0.15) is 5.82 Å². The number of anilines is 2. The summed E-state index contributed by atoms with van der Waals surface area (Å²) in [5.41, 5.74) is 0.697. The fourth-order valence-corrected chi connectivity index (χ4v) is 3.42. The molecule has 1 aliphatic heterocycles. The molecule has 0 bridgehead atoms. The zero-order chi connectivity index (χ0) is 19.5. The second kappa shape index (κ2) is 7.90. The van der Waals surface area contributed by atoms with Crippen LogP contribution in [0.25, 0.3) is 5.82 Å². The van der Waals surface area contributed by atoms with Gasteiger partial charge in [0.05, 0.1) is 0 Å². The van der Waals surface area contributed by atoms with E-state index in [-0.39, 0.29) is 6.03 Å². The number of carbonyl (C=O) groups excluding carboxylic acids is 1. The van der Waals surface area contributed by atoms with Crippen molar-refractivity contribution < 1.29 is 4.79 Å². The molecular formula is C20H21ClN6O. The highest BCUT2D eigenvalue weighted by Gasteiger charge is 2.22. The quantitative estimate of drug-likeness (QED) is 0.734.